The number of hydrogen-bond donors (Lipinski definition) is 2. The Labute approximate surface area is 263 Å². The average Bonchev–Trinajstić information content (AvgIpc) is 3.74. The van der Waals surface area contributed by atoms with E-state index in [1.807, 2.05) is 24.3 Å². The highest BCUT2D eigenvalue weighted by Gasteiger charge is 2.50. The zero-order valence-electron chi connectivity index (χ0n) is 25.9. The van der Waals surface area contributed by atoms with E-state index in [-0.39, 0.29) is 23.5 Å². The number of ether oxygens (including phenoxy) is 2. The molecule has 4 fully saturated rings. The number of carbonyl (C=O) groups is 1. The monoisotopic (exact) mass is 615 g/mol. The van der Waals surface area contributed by atoms with E-state index in [0.29, 0.717) is 43.2 Å². The van der Waals surface area contributed by atoms with Crippen molar-refractivity contribution in [2.75, 3.05) is 56.2 Å². The highest BCUT2D eigenvalue weighted by atomic mass is 19.1. The molecule has 5 aliphatic rings. The second kappa shape index (κ2) is 11.6. The highest BCUT2D eigenvalue weighted by molar-refractivity contribution is 5.95. The first-order valence-corrected chi connectivity index (χ1v) is 16.6. The first-order chi connectivity index (χ1) is 22.0. The summed E-state index contributed by atoms with van der Waals surface area (Å²) in [5.74, 6) is 0.801. The Hall–Kier alpha value is -3.70. The quantitative estimate of drug-likeness (QED) is 0.409. The predicted octanol–water partition coefficient (Wildman–Crippen LogP) is 4.00. The minimum Gasteiger partial charge on any atom is -0.461 e. The second-order valence-electron chi connectivity index (χ2n) is 13.4. The minimum atomic E-state index is -0.389. The average molecular weight is 616 g/mol. The fraction of sp³-hybridized carbons (Fsp3) is 0.559. The van der Waals surface area contributed by atoms with Gasteiger partial charge in [0.2, 0.25) is 0 Å². The van der Waals surface area contributed by atoms with E-state index in [1.54, 1.807) is 19.2 Å². The Morgan fingerprint density at radius 1 is 1.07 bits per heavy atom. The van der Waals surface area contributed by atoms with Gasteiger partial charge in [0.1, 0.15) is 24.8 Å². The van der Waals surface area contributed by atoms with Crippen molar-refractivity contribution in [3.05, 3.63) is 53.5 Å². The van der Waals surface area contributed by atoms with Gasteiger partial charge in [0.15, 0.2) is 0 Å². The maximum Gasteiger partial charge on any atom is 0.406 e. The molecule has 45 heavy (non-hydrogen) atoms. The molecule has 10 nitrogen and oxygen atoms in total. The largest absolute Gasteiger partial charge is 0.461 e. The summed E-state index contributed by atoms with van der Waals surface area (Å²) in [7, 11) is 1.59. The fourth-order valence-electron chi connectivity index (χ4n) is 8.66. The van der Waals surface area contributed by atoms with Crippen molar-refractivity contribution in [2.24, 2.45) is 0 Å². The van der Waals surface area contributed by atoms with Crippen molar-refractivity contribution >= 4 is 28.4 Å². The molecule has 1 aromatic heterocycles. The Morgan fingerprint density at radius 2 is 1.89 bits per heavy atom. The third kappa shape index (κ3) is 5.23. The van der Waals surface area contributed by atoms with Crippen LogP contribution >= 0.6 is 0 Å². The van der Waals surface area contributed by atoms with Crippen LogP contribution in [0.25, 0.3) is 10.8 Å². The number of amides is 1. The molecule has 2 N–H and O–H groups in total. The van der Waals surface area contributed by atoms with Gasteiger partial charge in [-0.25, -0.2) is 9.18 Å². The van der Waals surface area contributed by atoms with Gasteiger partial charge in [-0.1, -0.05) is 24.3 Å². The van der Waals surface area contributed by atoms with Gasteiger partial charge in [-0.2, -0.15) is 9.97 Å². The molecule has 6 heterocycles. The third-order valence-electron chi connectivity index (χ3n) is 10.8. The van der Waals surface area contributed by atoms with Crippen molar-refractivity contribution in [3.8, 4) is 6.01 Å². The molecule has 4 atom stereocenters. The molecule has 238 valence electrons. The van der Waals surface area contributed by atoms with Crippen LogP contribution in [0.4, 0.5) is 20.7 Å². The number of hydrogen-bond acceptors (Lipinski definition) is 9. The molecule has 0 aliphatic carbocycles. The lowest BCUT2D eigenvalue weighted by atomic mass is 9.95. The summed E-state index contributed by atoms with van der Waals surface area (Å²) in [6, 6.07) is 12.8. The molecule has 2 bridgehead atoms. The van der Waals surface area contributed by atoms with E-state index >= 15 is 4.39 Å². The van der Waals surface area contributed by atoms with Gasteiger partial charge in [0, 0.05) is 61.4 Å². The van der Waals surface area contributed by atoms with E-state index in [4.69, 9.17) is 19.4 Å². The topological polar surface area (TPSA) is 95.1 Å². The van der Waals surface area contributed by atoms with Crippen molar-refractivity contribution in [1.29, 1.82) is 0 Å². The SMILES string of the molecule is CNC(=O)OC[C@H]1CCC2(COc3nc4c(c(N5CC6CCC(C5)N6)n3)CCN(c3cccc5cccc(F)c35)C4)CCCN12. The van der Waals surface area contributed by atoms with Crippen molar-refractivity contribution < 1.29 is 18.7 Å². The number of halogens is 1. The van der Waals surface area contributed by atoms with Gasteiger partial charge in [-0.15, -0.1) is 0 Å². The highest BCUT2D eigenvalue weighted by Crippen LogP contribution is 2.43. The molecule has 11 heteroatoms. The summed E-state index contributed by atoms with van der Waals surface area (Å²) in [4.78, 5) is 29.1. The van der Waals surface area contributed by atoms with Crippen LogP contribution in [0.3, 0.4) is 0 Å². The number of alkyl carbamates (subject to hydrolysis) is 1. The Bertz CT molecular complexity index is 1590. The number of aromatic nitrogens is 2. The Morgan fingerprint density at radius 3 is 2.71 bits per heavy atom. The lowest BCUT2D eigenvalue weighted by Gasteiger charge is -2.38. The van der Waals surface area contributed by atoms with Crippen LogP contribution in [0.2, 0.25) is 0 Å². The van der Waals surface area contributed by atoms with Crippen LogP contribution in [0.5, 0.6) is 6.01 Å². The molecule has 4 saturated heterocycles. The summed E-state index contributed by atoms with van der Waals surface area (Å²) in [6.07, 6.45) is 6.89. The van der Waals surface area contributed by atoms with E-state index < -0.39 is 0 Å². The molecular formula is C34H42FN7O3. The lowest BCUT2D eigenvalue weighted by molar-refractivity contribution is 0.0554. The van der Waals surface area contributed by atoms with Gasteiger partial charge in [-0.3, -0.25) is 4.90 Å². The number of nitrogens with one attached hydrogen (secondary N) is 2. The molecule has 1 amide bonds. The van der Waals surface area contributed by atoms with Crippen LogP contribution in [0.1, 0.15) is 49.8 Å². The first kappa shape index (κ1) is 28.8. The van der Waals surface area contributed by atoms with Gasteiger partial charge in [-0.05, 0) is 69.0 Å². The van der Waals surface area contributed by atoms with Crippen molar-refractivity contribution in [1.82, 2.24) is 25.5 Å². The van der Waals surface area contributed by atoms with Crippen LogP contribution in [0.15, 0.2) is 36.4 Å². The molecule has 3 aromatic rings. The van der Waals surface area contributed by atoms with Gasteiger partial charge < -0.3 is 29.9 Å². The van der Waals surface area contributed by atoms with E-state index in [1.165, 1.54) is 18.4 Å². The maximum absolute atomic E-state index is 15.1. The summed E-state index contributed by atoms with van der Waals surface area (Å²) in [5, 5.41) is 7.85. The van der Waals surface area contributed by atoms with E-state index in [0.717, 1.165) is 80.9 Å². The number of piperazine rings is 1. The summed E-state index contributed by atoms with van der Waals surface area (Å²) >= 11 is 0. The third-order valence-corrected chi connectivity index (χ3v) is 10.8. The summed E-state index contributed by atoms with van der Waals surface area (Å²) in [6.45, 7) is 5.08. The number of carbonyl (C=O) groups excluding carboxylic acids is 1. The molecule has 2 aromatic carbocycles. The number of nitrogens with zero attached hydrogens (tertiary/aromatic N) is 5. The van der Waals surface area contributed by atoms with Crippen LogP contribution in [0, 0.1) is 5.82 Å². The van der Waals surface area contributed by atoms with Gasteiger partial charge in [0.05, 0.1) is 17.8 Å². The molecule has 0 spiro atoms. The van der Waals surface area contributed by atoms with Crippen molar-refractivity contribution in [2.45, 2.75) is 75.2 Å². The lowest BCUT2D eigenvalue weighted by Crippen LogP contribution is -2.52. The first-order valence-electron chi connectivity index (χ1n) is 16.6. The minimum absolute atomic E-state index is 0.100. The summed E-state index contributed by atoms with van der Waals surface area (Å²) in [5.41, 5.74) is 2.95. The van der Waals surface area contributed by atoms with Crippen LogP contribution < -0.4 is 25.2 Å². The van der Waals surface area contributed by atoms with Crippen LogP contribution in [-0.4, -0.2) is 91.1 Å². The van der Waals surface area contributed by atoms with Gasteiger partial charge in [0.25, 0.3) is 0 Å². The molecular weight excluding hydrogens is 573 g/mol. The molecule has 3 unspecified atom stereocenters. The zero-order chi connectivity index (χ0) is 30.5. The summed E-state index contributed by atoms with van der Waals surface area (Å²) < 4.78 is 27.1. The Balaban J connectivity index is 1.08. The number of rotatable bonds is 7. The van der Waals surface area contributed by atoms with E-state index in [2.05, 4.69) is 25.3 Å². The normalized spacial score (nSPS) is 27.5. The van der Waals surface area contributed by atoms with Gasteiger partial charge >= 0.3 is 12.1 Å². The second-order valence-corrected chi connectivity index (χ2v) is 13.4. The van der Waals surface area contributed by atoms with E-state index in [9.17, 15) is 4.79 Å². The number of anilines is 2. The Kier molecular flexibility index (Phi) is 7.40. The van der Waals surface area contributed by atoms with Crippen molar-refractivity contribution in [3.63, 3.8) is 0 Å². The standard InChI is InChI=1S/C34H42FN7O3/c1-36-33(43)44-20-25-11-14-34(13-4-15-42(25)34)21-45-32-38-28-19-40(29-8-3-6-22-5-2-7-27(35)30(22)29)16-12-26(28)31(39-32)41-17-23-9-10-24(18-41)37-23/h2-3,5-8,23-25,37H,4,9-21H2,1H3,(H,36,43)/t23?,24?,25-,34?/m1/s1. The molecule has 8 rings (SSSR count). The number of fused-ring (bicyclic) bond motifs is 5. The number of benzene rings is 2. The molecule has 0 radical (unpaired) electrons. The maximum atomic E-state index is 15.1. The van der Waals surface area contributed by atoms with Crippen LogP contribution in [-0.2, 0) is 17.7 Å². The molecule has 0 saturated carbocycles. The predicted molar refractivity (Wildman–Crippen MR) is 170 cm³/mol. The molecule has 5 aliphatic heterocycles. The zero-order valence-corrected chi connectivity index (χ0v) is 25.9. The fourth-order valence-corrected chi connectivity index (χ4v) is 8.66. The smallest absolute Gasteiger partial charge is 0.406 e.